The van der Waals surface area contributed by atoms with E-state index in [0.717, 1.165) is 30.5 Å². The van der Waals surface area contributed by atoms with Gasteiger partial charge in [0.05, 0.1) is 12.2 Å². The van der Waals surface area contributed by atoms with Crippen LogP contribution in [-0.4, -0.2) is 28.8 Å². The fraction of sp³-hybridized carbons (Fsp3) is 0.500. The molecule has 0 radical (unpaired) electrons. The van der Waals surface area contributed by atoms with E-state index in [4.69, 9.17) is 0 Å². The lowest BCUT2D eigenvalue weighted by molar-refractivity contribution is 0.111. The molecule has 0 saturated heterocycles. The molecule has 4 nitrogen and oxygen atoms in total. The van der Waals surface area contributed by atoms with E-state index in [1.54, 1.807) is 17.0 Å². The molecule has 0 amide bonds. The number of unbranched alkanes of at least 4 members (excludes halogenated alkanes) is 1. The highest BCUT2D eigenvalue weighted by atomic mass is 16.1. The van der Waals surface area contributed by atoms with Gasteiger partial charge in [0, 0.05) is 24.2 Å². The third-order valence-electron chi connectivity index (χ3n) is 3.31. The zero-order valence-electron chi connectivity index (χ0n) is 10.8. The maximum atomic E-state index is 11.2. The van der Waals surface area contributed by atoms with Crippen LogP contribution < -0.4 is 0 Å². The number of aliphatic imine (C=N–C) groups is 1. The Kier molecular flexibility index (Phi) is 4.07. The van der Waals surface area contributed by atoms with E-state index in [9.17, 15) is 4.79 Å². The second-order valence-corrected chi connectivity index (χ2v) is 4.61. The number of fused-ring (bicyclic) bond motifs is 1. The summed E-state index contributed by atoms with van der Waals surface area (Å²) in [5, 5.41) is 4.57. The molecule has 4 heteroatoms. The molecule has 2 rings (SSSR count). The molecule has 1 atom stereocenters. The Balaban J connectivity index is 2.36. The summed E-state index contributed by atoms with van der Waals surface area (Å²) >= 11 is 0. The van der Waals surface area contributed by atoms with Gasteiger partial charge in [-0.1, -0.05) is 25.8 Å². The van der Waals surface area contributed by atoms with Crippen molar-refractivity contribution in [1.29, 1.82) is 0 Å². The third kappa shape index (κ3) is 2.28. The molecule has 0 spiro atoms. The van der Waals surface area contributed by atoms with Crippen LogP contribution in [0.15, 0.2) is 17.6 Å². The second-order valence-electron chi connectivity index (χ2n) is 4.61. The molecular formula is C14H19N3O. The number of carbonyl (C=O) groups excluding carboxylic acids is 1. The highest BCUT2D eigenvalue weighted by Crippen LogP contribution is 2.28. The lowest BCUT2D eigenvalue weighted by Crippen LogP contribution is -2.11. The van der Waals surface area contributed by atoms with Crippen LogP contribution in [0.25, 0.3) is 0 Å². The number of aromatic nitrogens is 2. The summed E-state index contributed by atoms with van der Waals surface area (Å²) in [6.45, 7) is 7.23. The molecule has 0 saturated carbocycles. The first kappa shape index (κ1) is 12.7. The average Bonchev–Trinajstić information content (AvgIpc) is 2.74. The highest BCUT2D eigenvalue weighted by Gasteiger charge is 2.25. The molecule has 1 unspecified atom stereocenters. The third-order valence-corrected chi connectivity index (χ3v) is 3.31. The molecule has 0 aliphatic carbocycles. The lowest BCUT2D eigenvalue weighted by Gasteiger charge is -2.16. The summed E-state index contributed by atoms with van der Waals surface area (Å²) in [5.41, 5.74) is 2.55. The van der Waals surface area contributed by atoms with Gasteiger partial charge in [0.15, 0.2) is 6.29 Å². The minimum Gasteiger partial charge on any atom is -0.296 e. The van der Waals surface area contributed by atoms with Gasteiger partial charge in [0.25, 0.3) is 0 Å². The standard InChI is InChI=1S/C14H19N3O/c1-3-5-6-11-8-15-9-12-13(10-18)17(7-4-2)16-14(11)12/h4,9-11H,2-3,5-8H2,1H3. The van der Waals surface area contributed by atoms with Gasteiger partial charge < -0.3 is 0 Å². The summed E-state index contributed by atoms with van der Waals surface area (Å²) in [7, 11) is 0. The number of hydrogen-bond donors (Lipinski definition) is 0. The number of aldehydes is 1. The average molecular weight is 245 g/mol. The van der Waals surface area contributed by atoms with Crippen LogP contribution in [0.3, 0.4) is 0 Å². The Morgan fingerprint density at radius 3 is 3.11 bits per heavy atom. The number of hydrogen-bond acceptors (Lipinski definition) is 3. The lowest BCUT2D eigenvalue weighted by atomic mass is 9.93. The minimum atomic E-state index is 0.356. The molecule has 96 valence electrons. The zero-order valence-corrected chi connectivity index (χ0v) is 10.8. The van der Waals surface area contributed by atoms with E-state index in [1.807, 2.05) is 0 Å². The Morgan fingerprint density at radius 2 is 2.44 bits per heavy atom. The summed E-state index contributed by atoms with van der Waals surface area (Å²) in [6.07, 6.45) is 7.83. The van der Waals surface area contributed by atoms with E-state index in [2.05, 4.69) is 23.6 Å². The van der Waals surface area contributed by atoms with Crippen molar-refractivity contribution in [1.82, 2.24) is 9.78 Å². The van der Waals surface area contributed by atoms with Crippen LogP contribution in [0.1, 0.15) is 53.8 Å². The quantitative estimate of drug-likeness (QED) is 0.571. The van der Waals surface area contributed by atoms with Crippen molar-refractivity contribution >= 4 is 12.5 Å². The smallest absolute Gasteiger partial charge is 0.168 e. The monoisotopic (exact) mass is 245 g/mol. The summed E-state index contributed by atoms with van der Waals surface area (Å²) in [4.78, 5) is 15.6. The van der Waals surface area contributed by atoms with Gasteiger partial charge in [-0.2, -0.15) is 5.10 Å². The maximum absolute atomic E-state index is 11.2. The van der Waals surface area contributed by atoms with Crippen LogP contribution in [0.5, 0.6) is 0 Å². The number of carbonyl (C=O) groups is 1. The molecule has 1 aliphatic rings. The largest absolute Gasteiger partial charge is 0.296 e. The normalized spacial score (nSPS) is 17.5. The van der Waals surface area contributed by atoms with Gasteiger partial charge in [-0.3, -0.25) is 14.5 Å². The molecule has 1 aromatic rings. The number of rotatable bonds is 6. The van der Waals surface area contributed by atoms with Gasteiger partial charge in [-0.15, -0.1) is 6.58 Å². The minimum absolute atomic E-state index is 0.356. The van der Waals surface area contributed by atoms with Crippen LogP contribution in [0, 0.1) is 0 Å². The van der Waals surface area contributed by atoms with Gasteiger partial charge in [-0.05, 0) is 6.42 Å². The van der Waals surface area contributed by atoms with Gasteiger partial charge in [-0.25, -0.2) is 0 Å². The Labute approximate surface area is 107 Å². The van der Waals surface area contributed by atoms with E-state index in [1.165, 1.54) is 12.8 Å². The van der Waals surface area contributed by atoms with Gasteiger partial charge in [0.1, 0.15) is 5.69 Å². The van der Waals surface area contributed by atoms with Crippen LogP contribution >= 0.6 is 0 Å². The highest BCUT2D eigenvalue weighted by molar-refractivity contribution is 5.93. The van der Waals surface area contributed by atoms with Crippen LogP contribution in [0.4, 0.5) is 0 Å². The van der Waals surface area contributed by atoms with Crippen molar-refractivity contribution in [3.8, 4) is 0 Å². The maximum Gasteiger partial charge on any atom is 0.168 e. The molecule has 1 aliphatic heterocycles. The van der Waals surface area contributed by atoms with Crippen molar-refractivity contribution < 1.29 is 4.79 Å². The second kappa shape index (κ2) is 5.76. The molecule has 0 N–H and O–H groups in total. The molecule has 2 heterocycles. The van der Waals surface area contributed by atoms with E-state index < -0.39 is 0 Å². The van der Waals surface area contributed by atoms with E-state index >= 15 is 0 Å². The van der Waals surface area contributed by atoms with Crippen LogP contribution in [0.2, 0.25) is 0 Å². The van der Waals surface area contributed by atoms with Crippen molar-refractivity contribution in [3.63, 3.8) is 0 Å². The predicted molar refractivity (Wildman–Crippen MR) is 72.5 cm³/mol. The van der Waals surface area contributed by atoms with Crippen molar-refractivity contribution in [2.45, 2.75) is 38.6 Å². The number of nitrogens with zero attached hydrogens (tertiary/aromatic N) is 3. The molecule has 0 bridgehead atoms. The Morgan fingerprint density at radius 1 is 1.61 bits per heavy atom. The predicted octanol–water partition coefficient (Wildman–Crippen LogP) is 2.59. The van der Waals surface area contributed by atoms with Crippen LogP contribution in [-0.2, 0) is 6.54 Å². The van der Waals surface area contributed by atoms with E-state index in [-0.39, 0.29) is 0 Å². The molecule has 1 aromatic heterocycles. The van der Waals surface area contributed by atoms with Gasteiger partial charge in [0.2, 0.25) is 0 Å². The molecule has 0 fully saturated rings. The SMILES string of the molecule is C=CCn1nc2c(c1C=O)C=NCC2CCCC. The first-order chi connectivity index (χ1) is 8.81. The van der Waals surface area contributed by atoms with Crippen molar-refractivity contribution in [3.05, 3.63) is 29.6 Å². The first-order valence-corrected chi connectivity index (χ1v) is 6.48. The fourth-order valence-electron chi connectivity index (χ4n) is 2.36. The van der Waals surface area contributed by atoms with E-state index in [0.29, 0.717) is 18.2 Å². The summed E-state index contributed by atoms with van der Waals surface area (Å²) in [5.74, 6) is 0.356. The van der Waals surface area contributed by atoms with Crippen molar-refractivity contribution in [2.24, 2.45) is 4.99 Å². The summed E-state index contributed by atoms with van der Waals surface area (Å²) in [6, 6.07) is 0. The molecule has 0 aromatic carbocycles. The topological polar surface area (TPSA) is 47.2 Å². The molecule has 18 heavy (non-hydrogen) atoms. The Hall–Kier alpha value is -1.71. The Bertz CT molecular complexity index is 474. The first-order valence-electron chi connectivity index (χ1n) is 6.48. The summed E-state index contributed by atoms with van der Waals surface area (Å²) < 4.78 is 1.72. The molecular weight excluding hydrogens is 226 g/mol. The van der Waals surface area contributed by atoms with Gasteiger partial charge >= 0.3 is 0 Å². The van der Waals surface area contributed by atoms with Crippen molar-refractivity contribution in [2.75, 3.05) is 6.54 Å². The zero-order chi connectivity index (χ0) is 13.0. The number of allylic oxidation sites excluding steroid dienone is 1. The fourth-order valence-corrected chi connectivity index (χ4v) is 2.36.